The summed E-state index contributed by atoms with van der Waals surface area (Å²) in [6.07, 6.45) is 15.1. The van der Waals surface area contributed by atoms with Crippen LogP contribution in [0.5, 0.6) is 0 Å². The van der Waals surface area contributed by atoms with Crippen LogP contribution in [-0.4, -0.2) is 0 Å². The Labute approximate surface area is 194 Å². The molecule has 138 valence electrons. The quantitative estimate of drug-likeness (QED) is 0.383. The van der Waals surface area contributed by atoms with Gasteiger partial charge in [-0.1, -0.05) is 74.0 Å². The summed E-state index contributed by atoms with van der Waals surface area (Å²) in [5, 5.41) is 0. The Hall–Kier alpha value is -1.06. The molecular formula is C24H24Cl2Zr. The van der Waals surface area contributed by atoms with Crippen LogP contribution in [0, 0.1) is 12.3 Å². The number of hydrogen-bond donors (Lipinski definition) is 0. The van der Waals surface area contributed by atoms with Gasteiger partial charge in [0.15, 0.2) is 0 Å². The van der Waals surface area contributed by atoms with E-state index in [1.165, 1.54) is 39.0 Å². The van der Waals surface area contributed by atoms with Gasteiger partial charge in [-0.3, -0.25) is 0 Å². The molecule has 0 saturated heterocycles. The molecule has 0 amide bonds. The van der Waals surface area contributed by atoms with E-state index in [-0.39, 0.29) is 56.4 Å². The summed E-state index contributed by atoms with van der Waals surface area (Å²) >= 11 is 0. The molecular weight excluding hydrogens is 450 g/mol. The van der Waals surface area contributed by atoms with Gasteiger partial charge in [0.05, 0.1) is 0 Å². The minimum absolute atomic E-state index is 0. The molecule has 0 nitrogen and oxygen atoms in total. The Morgan fingerprint density at radius 1 is 1.04 bits per heavy atom. The van der Waals surface area contributed by atoms with E-state index >= 15 is 0 Å². The third kappa shape index (κ3) is 4.05. The number of benzene rings is 2. The fourth-order valence-corrected chi connectivity index (χ4v) is 4.37. The molecule has 27 heavy (non-hydrogen) atoms. The molecule has 0 N–H and O–H groups in total. The molecule has 0 aliphatic heterocycles. The zero-order valence-corrected chi connectivity index (χ0v) is 19.8. The number of hydrogen-bond acceptors (Lipinski definition) is 0. The molecule has 0 aromatic heterocycles. The Balaban J connectivity index is 0.00000121. The van der Waals surface area contributed by atoms with Crippen LogP contribution >= 0.6 is 24.8 Å². The predicted octanol–water partition coefficient (Wildman–Crippen LogP) is 6.44. The van der Waals surface area contributed by atoms with Gasteiger partial charge < -0.3 is 0 Å². The van der Waals surface area contributed by atoms with Crippen molar-refractivity contribution in [2.75, 3.05) is 0 Å². The summed E-state index contributed by atoms with van der Waals surface area (Å²) in [6, 6.07) is 13.3. The predicted molar refractivity (Wildman–Crippen MR) is 117 cm³/mol. The molecule has 2 aliphatic carbocycles. The van der Waals surface area contributed by atoms with Gasteiger partial charge in [0.1, 0.15) is 0 Å². The van der Waals surface area contributed by atoms with Gasteiger partial charge in [0, 0.05) is 38.0 Å². The topological polar surface area (TPSA) is 0 Å². The van der Waals surface area contributed by atoms with Gasteiger partial charge in [-0.25, -0.2) is 0 Å². The molecule has 0 unspecified atom stereocenters. The molecule has 0 atom stereocenters. The smallest absolute Gasteiger partial charge is 0.0340 e. The Morgan fingerprint density at radius 3 is 2.44 bits per heavy atom. The van der Waals surface area contributed by atoms with E-state index in [4.69, 9.17) is 6.42 Å². The van der Waals surface area contributed by atoms with E-state index in [0.29, 0.717) is 6.42 Å². The summed E-state index contributed by atoms with van der Waals surface area (Å²) in [4.78, 5) is 0. The minimum atomic E-state index is 0. The minimum Gasteiger partial charge on any atom is -0.147 e. The van der Waals surface area contributed by atoms with Crippen molar-refractivity contribution in [2.45, 2.75) is 38.5 Å². The standard InChI is InChI=1S/C24H22.2ClH.Zr/c1-4-9-17-14-15-21-20-13-8-5-10-18(20)16-22(21)23(17)24(2,3)19-11-6-7-12-19;;;/h1,5-8,10-11,13-15H,9,12,16H2,2-3H3;2*1H;. The first-order valence-electron chi connectivity index (χ1n) is 8.66. The maximum Gasteiger partial charge on any atom is 0.0340 e. The molecule has 2 aromatic rings. The summed E-state index contributed by atoms with van der Waals surface area (Å²) < 4.78 is 0. The molecule has 4 rings (SSSR count). The van der Waals surface area contributed by atoms with Crippen LogP contribution in [0.4, 0.5) is 0 Å². The van der Waals surface area contributed by atoms with Crippen molar-refractivity contribution in [1.82, 2.24) is 0 Å². The molecule has 0 fully saturated rings. The zero-order chi connectivity index (χ0) is 16.7. The van der Waals surface area contributed by atoms with E-state index in [1.54, 1.807) is 0 Å². The van der Waals surface area contributed by atoms with Crippen molar-refractivity contribution in [1.29, 1.82) is 0 Å². The second-order valence-electron chi connectivity index (χ2n) is 7.29. The first-order chi connectivity index (χ1) is 11.6. The average molecular weight is 475 g/mol. The van der Waals surface area contributed by atoms with Crippen LogP contribution in [0.2, 0.25) is 0 Å². The fraction of sp³-hybridized carbons (Fsp3) is 0.250. The van der Waals surface area contributed by atoms with Gasteiger partial charge in [-0.15, -0.1) is 37.2 Å². The molecule has 0 spiro atoms. The number of fused-ring (bicyclic) bond motifs is 3. The summed E-state index contributed by atoms with van der Waals surface area (Å²) in [5.74, 6) is 2.86. The van der Waals surface area contributed by atoms with Crippen LogP contribution < -0.4 is 0 Å². The van der Waals surface area contributed by atoms with Gasteiger partial charge in [0.2, 0.25) is 0 Å². The summed E-state index contributed by atoms with van der Waals surface area (Å²) in [7, 11) is 0. The third-order valence-corrected chi connectivity index (χ3v) is 5.57. The van der Waals surface area contributed by atoms with E-state index in [9.17, 15) is 0 Å². The van der Waals surface area contributed by atoms with Crippen LogP contribution in [0.15, 0.2) is 60.2 Å². The molecule has 2 aromatic carbocycles. The fourth-order valence-electron chi connectivity index (χ4n) is 4.37. The Bertz CT molecular complexity index is 930. The van der Waals surface area contributed by atoms with Gasteiger partial charge in [0.25, 0.3) is 0 Å². The largest absolute Gasteiger partial charge is 0.147 e. The first kappa shape index (κ1) is 24.0. The number of terminal acetylenes is 1. The third-order valence-electron chi connectivity index (χ3n) is 5.57. The normalized spacial score (nSPS) is 13.3. The van der Waals surface area contributed by atoms with Crippen molar-refractivity contribution >= 4 is 24.8 Å². The van der Waals surface area contributed by atoms with Gasteiger partial charge >= 0.3 is 0 Å². The number of rotatable bonds is 3. The van der Waals surface area contributed by atoms with E-state index in [1.807, 2.05) is 0 Å². The number of halogens is 2. The molecule has 0 bridgehead atoms. The van der Waals surface area contributed by atoms with Crippen molar-refractivity contribution in [3.63, 3.8) is 0 Å². The van der Waals surface area contributed by atoms with E-state index < -0.39 is 0 Å². The van der Waals surface area contributed by atoms with Gasteiger partial charge in [-0.05, 0) is 46.2 Å². The first-order valence-corrected chi connectivity index (χ1v) is 8.66. The molecule has 3 heteroatoms. The monoisotopic (exact) mass is 472 g/mol. The molecule has 0 radical (unpaired) electrons. The second-order valence-corrected chi connectivity index (χ2v) is 7.29. The van der Waals surface area contributed by atoms with Gasteiger partial charge in [-0.2, -0.15) is 0 Å². The van der Waals surface area contributed by atoms with Crippen LogP contribution in [0.25, 0.3) is 11.1 Å². The van der Waals surface area contributed by atoms with Crippen molar-refractivity contribution in [3.8, 4) is 23.5 Å². The SMILES string of the molecule is C#CCc1ccc2c(c1C(C)(C)C1=CC=CC1)Cc1ccccc1-2.Cl.Cl.[Zr]. The zero-order valence-electron chi connectivity index (χ0n) is 15.7. The summed E-state index contributed by atoms with van der Waals surface area (Å²) in [6.45, 7) is 4.70. The van der Waals surface area contributed by atoms with E-state index in [2.05, 4.69) is 74.4 Å². The summed E-state index contributed by atoms with van der Waals surface area (Å²) in [5.41, 5.74) is 9.92. The van der Waals surface area contributed by atoms with Crippen molar-refractivity contribution in [3.05, 3.63) is 82.5 Å². The maximum atomic E-state index is 5.68. The second kappa shape index (κ2) is 9.43. The maximum absolute atomic E-state index is 5.68. The molecule has 0 saturated carbocycles. The average Bonchev–Trinajstić information content (AvgIpc) is 3.22. The van der Waals surface area contributed by atoms with Crippen molar-refractivity contribution < 1.29 is 26.2 Å². The van der Waals surface area contributed by atoms with E-state index in [0.717, 1.165) is 12.8 Å². The van der Waals surface area contributed by atoms with Crippen LogP contribution in [-0.2, 0) is 44.5 Å². The van der Waals surface area contributed by atoms with Crippen molar-refractivity contribution in [2.24, 2.45) is 0 Å². The Kier molecular flexibility index (Phi) is 8.37. The molecule has 0 heterocycles. The van der Waals surface area contributed by atoms with Crippen LogP contribution in [0.1, 0.15) is 42.5 Å². The molecule has 2 aliphatic rings. The number of allylic oxidation sites excluding steroid dienone is 4. The Morgan fingerprint density at radius 2 is 1.78 bits per heavy atom. The van der Waals surface area contributed by atoms with Crippen LogP contribution in [0.3, 0.4) is 0 Å².